The number of likely N-dealkylation sites (N-methyl/N-ethyl adjacent to an activating group) is 1. The molecule has 0 bridgehead atoms. The Morgan fingerprint density at radius 3 is 2.58 bits per heavy atom. The second-order valence-electron chi connectivity index (χ2n) is 7.20. The number of ether oxygens (including phenoxy) is 1. The largest absolute Gasteiger partial charge is 0.482 e. The first-order valence-corrected chi connectivity index (χ1v) is 9.90. The van der Waals surface area contributed by atoms with Crippen LogP contribution in [0.2, 0.25) is 0 Å². The molecule has 4 rings (SSSR count). The van der Waals surface area contributed by atoms with E-state index in [4.69, 9.17) is 9.73 Å². The molecule has 5 heteroatoms. The average Bonchev–Trinajstić information content (AvgIpc) is 2.88. The topological polar surface area (TPSA) is 41.9 Å². The molecule has 134 valence electrons. The summed E-state index contributed by atoms with van der Waals surface area (Å²) in [4.78, 5) is 20.0. The fourth-order valence-electron chi connectivity index (χ4n) is 3.99. The number of rotatable bonds is 1. The van der Waals surface area contributed by atoms with Gasteiger partial charge in [0.25, 0.3) is 5.91 Å². The fraction of sp³-hybridized carbons (Fsp3) is 0.333. The van der Waals surface area contributed by atoms with Crippen LogP contribution in [0.25, 0.3) is 0 Å². The summed E-state index contributed by atoms with van der Waals surface area (Å²) in [6.45, 7) is 4.08. The van der Waals surface area contributed by atoms with E-state index in [1.165, 1.54) is 11.8 Å². The van der Waals surface area contributed by atoms with E-state index < -0.39 is 11.1 Å². The first-order chi connectivity index (χ1) is 12.4. The molecule has 2 aliphatic heterocycles. The minimum atomic E-state index is -0.933. The van der Waals surface area contributed by atoms with Crippen molar-refractivity contribution in [1.82, 2.24) is 4.90 Å². The molecule has 0 radical (unpaired) electrons. The summed E-state index contributed by atoms with van der Waals surface area (Å²) < 4.78 is 6.45. The molecule has 2 heterocycles. The lowest BCUT2D eigenvalue weighted by atomic mass is 9.74. The van der Waals surface area contributed by atoms with Crippen LogP contribution in [0.5, 0.6) is 5.75 Å². The van der Waals surface area contributed by atoms with Crippen LogP contribution in [0.15, 0.2) is 53.5 Å². The lowest BCUT2D eigenvalue weighted by molar-refractivity contribution is -0.134. The van der Waals surface area contributed by atoms with Crippen molar-refractivity contribution >= 4 is 22.8 Å². The third kappa shape index (κ3) is 2.37. The van der Waals surface area contributed by atoms with Gasteiger partial charge in [0.15, 0.2) is 10.7 Å². The number of benzene rings is 2. The standard InChI is InChI=1S/C21H22N2O2S/c1-14-10-11-17-16(12-14)21(18(24)23(3)19(22-21)26-4)13-20(2,25-17)15-8-6-5-7-9-15/h5-12H,13H2,1-4H3. The lowest BCUT2D eigenvalue weighted by Gasteiger charge is -2.43. The molecule has 26 heavy (non-hydrogen) atoms. The van der Waals surface area contributed by atoms with Crippen molar-refractivity contribution in [1.29, 1.82) is 0 Å². The number of aliphatic imine (C=N–C) groups is 1. The van der Waals surface area contributed by atoms with E-state index in [0.29, 0.717) is 6.42 Å². The molecule has 0 fully saturated rings. The van der Waals surface area contributed by atoms with Gasteiger partial charge in [-0.25, -0.2) is 4.99 Å². The Labute approximate surface area is 158 Å². The Hall–Kier alpha value is -2.27. The maximum Gasteiger partial charge on any atom is 0.261 e. The number of amidine groups is 1. The van der Waals surface area contributed by atoms with E-state index >= 15 is 0 Å². The molecule has 1 spiro atoms. The Morgan fingerprint density at radius 2 is 1.92 bits per heavy atom. The van der Waals surface area contributed by atoms with E-state index in [9.17, 15) is 4.79 Å². The van der Waals surface area contributed by atoms with Gasteiger partial charge in [-0.1, -0.05) is 53.7 Å². The summed E-state index contributed by atoms with van der Waals surface area (Å²) in [5.41, 5.74) is 1.45. The van der Waals surface area contributed by atoms with Crippen LogP contribution in [0.3, 0.4) is 0 Å². The van der Waals surface area contributed by atoms with Crippen LogP contribution in [0.1, 0.15) is 30.0 Å². The molecule has 0 saturated heterocycles. The fourth-order valence-corrected chi connectivity index (χ4v) is 4.60. The first kappa shape index (κ1) is 17.2. The van der Waals surface area contributed by atoms with Crippen molar-refractivity contribution in [3.8, 4) is 5.75 Å². The van der Waals surface area contributed by atoms with Gasteiger partial charge in [-0.3, -0.25) is 9.69 Å². The molecule has 2 aromatic rings. The Bertz CT molecular complexity index is 911. The average molecular weight is 366 g/mol. The highest BCUT2D eigenvalue weighted by Gasteiger charge is 2.57. The molecule has 0 saturated carbocycles. The number of aryl methyl sites for hydroxylation is 1. The van der Waals surface area contributed by atoms with Gasteiger partial charge in [0.05, 0.1) is 0 Å². The number of amides is 1. The second-order valence-corrected chi connectivity index (χ2v) is 7.97. The normalized spacial score (nSPS) is 27.3. The van der Waals surface area contributed by atoms with Crippen LogP contribution in [-0.4, -0.2) is 29.3 Å². The zero-order chi connectivity index (χ0) is 18.5. The maximum absolute atomic E-state index is 13.4. The molecule has 2 atom stereocenters. The van der Waals surface area contributed by atoms with Crippen molar-refractivity contribution in [3.63, 3.8) is 0 Å². The van der Waals surface area contributed by atoms with Crippen LogP contribution < -0.4 is 4.74 Å². The Balaban J connectivity index is 1.95. The smallest absolute Gasteiger partial charge is 0.261 e. The number of carbonyl (C=O) groups is 1. The number of hydrogen-bond donors (Lipinski definition) is 0. The van der Waals surface area contributed by atoms with Gasteiger partial charge in [0, 0.05) is 19.0 Å². The molecule has 4 nitrogen and oxygen atoms in total. The summed E-state index contributed by atoms with van der Waals surface area (Å²) >= 11 is 1.50. The monoisotopic (exact) mass is 366 g/mol. The summed E-state index contributed by atoms with van der Waals surface area (Å²) in [7, 11) is 1.80. The van der Waals surface area contributed by atoms with E-state index in [1.54, 1.807) is 11.9 Å². The molecular weight excluding hydrogens is 344 g/mol. The first-order valence-electron chi connectivity index (χ1n) is 8.67. The summed E-state index contributed by atoms with van der Waals surface area (Å²) in [6, 6.07) is 16.1. The van der Waals surface area contributed by atoms with Gasteiger partial charge < -0.3 is 4.74 Å². The van der Waals surface area contributed by atoms with E-state index in [2.05, 4.69) is 12.1 Å². The van der Waals surface area contributed by atoms with E-state index in [-0.39, 0.29) is 5.91 Å². The van der Waals surface area contributed by atoms with Gasteiger partial charge >= 0.3 is 0 Å². The minimum Gasteiger partial charge on any atom is -0.482 e. The van der Waals surface area contributed by atoms with Crippen LogP contribution in [0.4, 0.5) is 0 Å². The molecular formula is C21H22N2O2S. The third-order valence-corrected chi connectivity index (χ3v) is 6.04. The molecule has 0 aromatic heterocycles. The number of nitrogens with zero attached hydrogens (tertiary/aromatic N) is 2. The second kappa shape index (κ2) is 5.88. The molecule has 0 aliphatic carbocycles. The lowest BCUT2D eigenvalue weighted by Crippen LogP contribution is -2.48. The maximum atomic E-state index is 13.4. The predicted molar refractivity (Wildman–Crippen MR) is 106 cm³/mol. The van der Waals surface area contributed by atoms with Crippen molar-refractivity contribution < 1.29 is 9.53 Å². The van der Waals surface area contributed by atoms with Crippen molar-refractivity contribution in [2.24, 2.45) is 4.99 Å². The highest BCUT2D eigenvalue weighted by atomic mass is 32.2. The molecule has 2 unspecified atom stereocenters. The highest BCUT2D eigenvalue weighted by Crippen LogP contribution is 2.52. The number of fused-ring (bicyclic) bond motifs is 2. The summed E-state index contributed by atoms with van der Waals surface area (Å²) in [5.74, 6) is 0.750. The number of carbonyl (C=O) groups excluding carboxylic acids is 1. The van der Waals surface area contributed by atoms with Gasteiger partial charge in [0.1, 0.15) is 11.4 Å². The highest BCUT2D eigenvalue weighted by molar-refractivity contribution is 8.13. The van der Waals surface area contributed by atoms with Crippen molar-refractivity contribution in [2.75, 3.05) is 13.3 Å². The number of hydrogen-bond acceptors (Lipinski definition) is 4. The number of thioether (sulfide) groups is 1. The molecule has 2 aliphatic rings. The van der Waals surface area contributed by atoms with Gasteiger partial charge in [0.2, 0.25) is 0 Å². The van der Waals surface area contributed by atoms with Gasteiger partial charge in [-0.2, -0.15) is 0 Å². The van der Waals surface area contributed by atoms with Crippen molar-refractivity contribution in [3.05, 3.63) is 65.2 Å². The van der Waals surface area contributed by atoms with Crippen LogP contribution in [-0.2, 0) is 15.9 Å². The SMILES string of the molecule is CSC1=NC2(CC(C)(c3ccccc3)Oc3ccc(C)cc32)C(=O)N1C. The van der Waals surface area contributed by atoms with E-state index in [1.807, 2.05) is 56.5 Å². The van der Waals surface area contributed by atoms with E-state index in [0.717, 1.165) is 27.6 Å². The third-order valence-electron chi connectivity index (χ3n) is 5.31. The Morgan fingerprint density at radius 1 is 1.19 bits per heavy atom. The predicted octanol–water partition coefficient (Wildman–Crippen LogP) is 4.08. The quantitative estimate of drug-likeness (QED) is 0.764. The molecule has 2 aromatic carbocycles. The zero-order valence-corrected chi connectivity index (χ0v) is 16.3. The summed E-state index contributed by atoms with van der Waals surface area (Å²) in [5, 5.41) is 0.750. The van der Waals surface area contributed by atoms with Crippen molar-refractivity contribution in [2.45, 2.75) is 31.4 Å². The van der Waals surface area contributed by atoms with Crippen LogP contribution >= 0.6 is 11.8 Å². The minimum absolute atomic E-state index is 0.0131. The summed E-state index contributed by atoms with van der Waals surface area (Å²) in [6.07, 6.45) is 2.43. The van der Waals surface area contributed by atoms with Gasteiger partial charge in [-0.15, -0.1) is 0 Å². The molecule has 1 amide bonds. The zero-order valence-electron chi connectivity index (χ0n) is 15.4. The Kier molecular flexibility index (Phi) is 3.88. The van der Waals surface area contributed by atoms with Gasteiger partial charge in [-0.05, 0) is 37.8 Å². The van der Waals surface area contributed by atoms with Crippen LogP contribution in [0, 0.1) is 6.92 Å². The molecule has 0 N–H and O–H groups in total.